The molecular weight excluding hydrogens is 334 g/mol. The van der Waals surface area contributed by atoms with Crippen molar-refractivity contribution in [3.05, 3.63) is 88.7 Å². The Hall–Kier alpha value is -2.85. The fourth-order valence-electron chi connectivity index (χ4n) is 2.41. The Balaban J connectivity index is 1.67. The van der Waals surface area contributed by atoms with E-state index in [0.717, 1.165) is 22.5 Å². The van der Waals surface area contributed by atoms with Gasteiger partial charge in [0.2, 0.25) is 0 Å². The summed E-state index contributed by atoms with van der Waals surface area (Å²) in [6.07, 6.45) is 1.61. The third-order valence-electron chi connectivity index (χ3n) is 3.83. The van der Waals surface area contributed by atoms with Crippen LogP contribution in [0, 0.1) is 6.92 Å². The van der Waals surface area contributed by atoms with Crippen molar-refractivity contribution in [1.82, 2.24) is 10.3 Å². The van der Waals surface area contributed by atoms with Crippen molar-refractivity contribution in [3.8, 4) is 0 Å². The molecule has 2 N–H and O–H groups in total. The van der Waals surface area contributed by atoms with Crippen LogP contribution in [0.1, 0.15) is 21.6 Å². The van der Waals surface area contributed by atoms with Gasteiger partial charge >= 0.3 is 0 Å². The van der Waals surface area contributed by atoms with Crippen molar-refractivity contribution in [2.75, 3.05) is 5.32 Å². The zero-order valence-electron chi connectivity index (χ0n) is 13.8. The van der Waals surface area contributed by atoms with E-state index in [1.165, 1.54) is 0 Å². The maximum Gasteiger partial charge on any atom is 0.270 e. The van der Waals surface area contributed by atoms with Crippen LogP contribution in [0.15, 0.2) is 66.9 Å². The number of aromatic nitrogens is 1. The molecule has 0 aliphatic rings. The van der Waals surface area contributed by atoms with Gasteiger partial charge in [0.15, 0.2) is 0 Å². The van der Waals surface area contributed by atoms with Crippen molar-refractivity contribution < 1.29 is 4.79 Å². The molecule has 0 unspecified atom stereocenters. The summed E-state index contributed by atoms with van der Waals surface area (Å²) in [5.41, 5.74) is 4.29. The van der Waals surface area contributed by atoms with Gasteiger partial charge in [-0.05, 0) is 54.4 Å². The number of benzene rings is 2. The molecule has 0 saturated carbocycles. The van der Waals surface area contributed by atoms with Gasteiger partial charge in [-0.3, -0.25) is 9.78 Å². The highest BCUT2D eigenvalue weighted by Gasteiger charge is 2.08. The molecule has 126 valence electrons. The Morgan fingerprint density at radius 3 is 2.56 bits per heavy atom. The normalized spacial score (nSPS) is 10.3. The SMILES string of the molecule is Cc1ccccc1CNC(=O)c1cc(Nc2ccc(Cl)cc2)ccn1. The maximum absolute atomic E-state index is 12.4. The lowest BCUT2D eigenvalue weighted by atomic mass is 10.1. The van der Waals surface area contributed by atoms with Crippen LogP contribution in [-0.2, 0) is 6.54 Å². The highest BCUT2D eigenvalue weighted by molar-refractivity contribution is 6.30. The average Bonchev–Trinajstić information content (AvgIpc) is 2.63. The molecule has 1 amide bonds. The van der Waals surface area contributed by atoms with Crippen LogP contribution in [0.3, 0.4) is 0 Å². The Bertz CT molecular complexity index is 878. The molecule has 5 heteroatoms. The van der Waals surface area contributed by atoms with Crippen molar-refractivity contribution in [2.24, 2.45) is 0 Å². The molecule has 0 aliphatic heterocycles. The first-order valence-corrected chi connectivity index (χ1v) is 8.31. The van der Waals surface area contributed by atoms with Crippen molar-refractivity contribution in [1.29, 1.82) is 0 Å². The molecule has 0 spiro atoms. The van der Waals surface area contributed by atoms with Gasteiger partial charge in [-0.1, -0.05) is 35.9 Å². The lowest BCUT2D eigenvalue weighted by Crippen LogP contribution is -2.24. The molecule has 1 aromatic heterocycles. The summed E-state index contributed by atoms with van der Waals surface area (Å²) < 4.78 is 0. The first-order valence-electron chi connectivity index (χ1n) is 7.93. The van der Waals surface area contributed by atoms with E-state index in [-0.39, 0.29) is 5.91 Å². The van der Waals surface area contributed by atoms with Gasteiger partial charge < -0.3 is 10.6 Å². The number of nitrogens with one attached hydrogen (secondary N) is 2. The molecule has 0 atom stereocenters. The minimum Gasteiger partial charge on any atom is -0.355 e. The van der Waals surface area contributed by atoms with Crippen LogP contribution in [0.25, 0.3) is 0 Å². The van der Waals surface area contributed by atoms with Gasteiger partial charge in [0.25, 0.3) is 5.91 Å². The molecule has 0 saturated heterocycles. The van der Waals surface area contributed by atoms with Crippen molar-refractivity contribution in [3.63, 3.8) is 0 Å². The molecule has 0 fully saturated rings. The van der Waals surface area contributed by atoms with E-state index in [4.69, 9.17) is 11.6 Å². The van der Waals surface area contributed by atoms with E-state index in [0.29, 0.717) is 17.3 Å². The van der Waals surface area contributed by atoms with Gasteiger partial charge in [-0.15, -0.1) is 0 Å². The van der Waals surface area contributed by atoms with E-state index < -0.39 is 0 Å². The standard InChI is InChI=1S/C20H18ClN3O/c1-14-4-2-3-5-15(14)13-23-20(25)19-12-18(10-11-22-19)24-17-8-6-16(21)7-9-17/h2-12H,13H2,1H3,(H,22,24)(H,23,25). The summed E-state index contributed by atoms with van der Waals surface area (Å²) in [5, 5.41) is 6.82. The molecule has 3 aromatic rings. The van der Waals surface area contributed by atoms with E-state index in [1.807, 2.05) is 49.4 Å². The Morgan fingerprint density at radius 1 is 1.04 bits per heavy atom. The highest BCUT2D eigenvalue weighted by Crippen LogP contribution is 2.19. The number of aryl methyl sites for hydroxylation is 1. The second-order valence-corrected chi connectivity index (χ2v) is 6.11. The molecular formula is C20H18ClN3O. The van der Waals surface area contributed by atoms with E-state index in [2.05, 4.69) is 15.6 Å². The third kappa shape index (κ3) is 4.58. The van der Waals surface area contributed by atoms with Crippen LogP contribution < -0.4 is 10.6 Å². The number of halogens is 1. The van der Waals surface area contributed by atoms with Crippen LogP contribution in [0.5, 0.6) is 0 Å². The molecule has 2 aromatic carbocycles. The van der Waals surface area contributed by atoms with Gasteiger partial charge in [0, 0.05) is 29.1 Å². The minimum atomic E-state index is -0.206. The Morgan fingerprint density at radius 2 is 1.80 bits per heavy atom. The van der Waals surface area contributed by atoms with E-state index >= 15 is 0 Å². The second kappa shape index (κ2) is 7.81. The number of carbonyl (C=O) groups is 1. The van der Waals surface area contributed by atoms with Crippen molar-refractivity contribution >= 4 is 28.9 Å². The number of anilines is 2. The lowest BCUT2D eigenvalue weighted by Gasteiger charge is -2.10. The quantitative estimate of drug-likeness (QED) is 0.699. The van der Waals surface area contributed by atoms with Crippen LogP contribution >= 0.6 is 11.6 Å². The number of hydrogen-bond acceptors (Lipinski definition) is 3. The Labute approximate surface area is 151 Å². The Kier molecular flexibility index (Phi) is 5.31. The largest absolute Gasteiger partial charge is 0.355 e. The van der Waals surface area contributed by atoms with E-state index in [9.17, 15) is 4.79 Å². The van der Waals surface area contributed by atoms with E-state index in [1.54, 1.807) is 24.4 Å². The van der Waals surface area contributed by atoms with Crippen molar-refractivity contribution in [2.45, 2.75) is 13.5 Å². The first-order chi connectivity index (χ1) is 12.1. The number of hydrogen-bond donors (Lipinski definition) is 2. The molecule has 0 aliphatic carbocycles. The summed E-state index contributed by atoms with van der Waals surface area (Å²) >= 11 is 5.89. The molecule has 4 nitrogen and oxygen atoms in total. The number of carbonyl (C=O) groups excluding carboxylic acids is 1. The van der Waals surface area contributed by atoms with Gasteiger partial charge in [0.1, 0.15) is 5.69 Å². The second-order valence-electron chi connectivity index (χ2n) is 5.67. The molecule has 0 radical (unpaired) electrons. The van der Waals surface area contributed by atoms with Crippen LogP contribution in [0.2, 0.25) is 5.02 Å². The summed E-state index contributed by atoms with van der Waals surface area (Å²) in [7, 11) is 0. The third-order valence-corrected chi connectivity index (χ3v) is 4.08. The predicted molar refractivity (Wildman–Crippen MR) is 101 cm³/mol. The predicted octanol–water partition coefficient (Wildman–Crippen LogP) is 4.72. The molecule has 0 bridgehead atoms. The first kappa shape index (κ1) is 17.0. The van der Waals surface area contributed by atoms with Gasteiger partial charge in [-0.2, -0.15) is 0 Å². The minimum absolute atomic E-state index is 0.206. The lowest BCUT2D eigenvalue weighted by molar-refractivity contribution is 0.0946. The number of nitrogens with zero attached hydrogens (tertiary/aromatic N) is 1. The number of amides is 1. The van der Waals surface area contributed by atoms with Crippen LogP contribution in [0.4, 0.5) is 11.4 Å². The zero-order valence-corrected chi connectivity index (χ0v) is 14.5. The smallest absolute Gasteiger partial charge is 0.270 e. The molecule has 25 heavy (non-hydrogen) atoms. The average molecular weight is 352 g/mol. The summed E-state index contributed by atoms with van der Waals surface area (Å²) in [4.78, 5) is 16.5. The van der Waals surface area contributed by atoms with Crippen LogP contribution in [-0.4, -0.2) is 10.9 Å². The fourth-order valence-corrected chi connectivity index (χ4v) is 2.53. The molecule has 1 heterocycles. The zero-order chi connectivity index (χ0) is 17.6. The summed E-state index contributed by atoms with van der Waals surface area (Å²) in [6.45, 7) is 2.50. The van der Waals surface area contributed by atoms with Gasteiger partial charge in [0.05, 0.1) is 0 Å². The van der Waals surface area contributed by atoms with Gasteiger partial charge in [-0.25, -0.2) is 0 Å². The summed E-state index contributed by atoms with van der Waals surface area (Å²) in [5.74, 6) is -0.206. The fraction of sp³-hybridized carbons (Fsp3) is 0.100. The highest BCUT2D eigenvalue weighted by atomic mass is 35.5. The topological polar surface area (TPSA) is 54.0 Å². The number of rotatable bonds is 5. The monoisotopic (exact) mass is 351 g/mol. The number of pyridine rings is 1. The maximum atomic E-state index is 12.4. The molecule has 3 rings (SSSR count). The summed E-state index contributed by atoms with van der Waals surface area (Å²) in [6, 6.07) is 18.9.